The van der Waals surface area contributed by atoms with Crippen LogP contribution in [0.5, 0.6) is 0 Å². The molecule has 2 amide bonds. The minimum atomic E-state index is -0.921. The Kier molecular flexibility index (Phi) is 6.09. The number of benzene rings is 2. The molecule has 0 saturated carbocycles. The molecule has 1 fully saturated rings. The molecular formula is C22H24N2O4. The highest BCUT2D eigenvalue weighted by Gasteiger charge is 2.21. The maximum atomic E-state index is 12.3. The molecule has 0 bridgehead atoms. The fraction of sp³-hybridized carbons (Fsp3) is 0.318. The van der Waals surface area contributed by atoms with Crippen LogP contribution in [0.15, 0.2) is 48.5 Å². The van der Waals surface area contributed by atoms with Gasteiger partial charge in [0, 0.05) is 25.2 Å². The van der Waals surface area contributed by atoms with Gasteiger partial charge in [-0.3, -0.25) is 9.59 Å². The van der Waals surface area contributed by atoms with E-state index in [0.29, 0.717) is 24.2 Å². The van der Waals surface area contributed by atoms with E-state index in [4.69, 9.17) is 4.74 Å². The second kappa shape index (κ2) is 8.69. The van der Waals surface area contributed by atoms with Crippen molar-refractivity contribution in [3.63, 3.8) is 0 Å². The molecule has 1 aliphatic rings. The van der Waals surface area contributed by atoms with Gasteiger partial charge in [0.15, 0.2) is 6.10 Å². The first-order valence-corrected chi connectivity index (χ1v) is 9.37. The summed E-state index contributed by atoms with van der Waals surface area (Å²) in [5.74, 6) is -0.784. The molecule has 146 valence electrons. The van der Waals surface area contributed by atoms with Crippen LogP contribution in [0, 0.1) is 6.92 Å². The molecule has 6 nitrogen and oxygen atoms in total. The van der Waals surface area contributed by atoms with Crippen molar-refractivity contribution in [2.75, 3.05) is 11.9 Å². The first-order valence-electron chi connectivity index (χ1n) is 9.37. The number of aryl methyl sites for hydroxylation is 1. The third-order valence-corrected chi connectivity index (χ3v) is 4.71. The van der Waals surface area contributed by atoms with Gasteiger partial charge in [-0.1, -0.05) is 29.8 Å². The fourth-order valence-electron chi connectivity index (χ4n) is 3.00. The molecule has 1 heterocycles. The molecule has 1 aliphatic heterocycles. The van der Waals surface area contributed by atoms with E-state index in [1.165, 1.54) is 6.92 Å². The number of hydrogen-bond donors (Lipinski definition) is 1. The third kappa shape index (κ3) is 4.97. The Morgan fingerprint density at radius 3 is 2.39 bits per heavy atom. The summed E-state index contributed by atoms with van der Waals surface area (Å²) in [6, 6.07) is 14.3. The van der Waals surface area contributed by atoms with Crippen molar-refractivity contribution < 1.29 is 19.1 Å². The zero-order valence-electron chi connectivity index (χ0n) is 16.1. The van der Waals surface area contributed by atoms with Gasteiger partial charge >= 0.3 is 5.97 Å². The molecular weight excluding hydrogens is 356 g/mol. The minimum Gasteiger partial charge on any atom is -0.449 e. The van der Waals surface area contributed by atoms with E-state index in [2.05, 4.69) is 5.32 Å². The molecule has 0 aliphatic carbocycles. The van der Waals surface area contributed by atoms with Crippen LogP contribution in [0.4, 0.5) is 5.69 Å². The third-order valence-electron chi connectivity index (χ3n) is 4.71. The van der Waals surface area contributed by atoms with Gasteiger partial charge in [-0.2, -0.15) is 0 Å². The molecule has 1 N–H and O–H groups in total. The lowest BCUT2D eigenvalue weighted by Gasteiger charge is -2.16. The minimum absolute atomic E-state index is 0.164. The van der Waals surface area contributed by atoms with Crippen molar-refractivity contribution in [2.24, 2.45) is 0 Å². The molecule has 6 heteroatoms. The van der Waals surface area contributed by atoms with Crippen molar-refractivity contribution in [3.05, 3.63) is 65.2 Å². The van der Waals surface area contributed by atoms with Crippen molar-refractivity contribution in [1.82, 2.24) is 4.90 Å². The summed E-state index contributed by atoms with van der Waals surface area (Å²) in [5, 5.41) is 2.73. The monoisotopic (exact) mass is 380 g/mol. The second-order valence-corrected chi connectivity index (χ2v) is 7.02. The summed E-state index contributed by atoms with van der Waals surface area (Å²) in [6.45, 7) is 4.82. The highest BCUT2D eigenvalue weighted by Crippen LogP contribution is 2.16. The SMILES string of the molecule is Cc1ccc(NC(=O)[C@@H](C)OC(=O)c2ccc(CN3CCCC3=O)cc2)cc1. The van der Waals surface area contributed by atoms with Crippen LogP contribution in [0.1, 0.15) is 41.3 Å². The van der Waals surface area contributed by atoms with Crippen molar-refractivity contribution in [2.45, 2.75) is 39.3 Å². The topological polar surface area (TPSA) is 75.7 Å². The summed E-state index contributed by atoms with van der Waals surface area (Å²) in [5.41, 5.74) is 3.07. The average Bonchev–Trinajstić information content (AvgIpc) is 3.08. The second-order valence-electron chi connectivity index (χ2n) is 7.02. The van der Waals surface area contributed by atoms with Gasteiger partial charge in [0.05, 0.1) is 5.56 Å². The number of esters is 1. The Balaban J connectivity index is 1.53. The zero-order valence-corrected chi connectivity index (χ0v) is 16.1. The summed E-state index contributed by atoms with van der Waals surface area (Å²) in [4.78, 5) is 38.0. The molecule has 0 radical (unpaired) electrons. The number of likely N-dealkylation sites (tertiary alicyclic amines) is 1. The summed E-state index contributed by atoms with van der Waals surface area (Å²) in [7, 11) is 0. The van der Waals surface area contributed by atoms with Gasteiger partial charge in [-0.05, 0) is 50.1 Å². The Hall–Kier alpha value is -3.15. The smallest absolute Gasteiger partial charge is 0.338 e. The Morgan fingerprint density at radius 2 is 1.79 bits per heavy atom. The average molecular weight is 380 g/mol. The zero-order chi connectivity index (χ0) is 20.1. The number of carbonyl (C=O) groups excluding carboxylic acids is 3. The predicted molar refractivity (Wildman–Crippen MR) is 106 cm³/mol. The molecule has 0 unspecified atom stereocenters. The molecule has 1 saturated heterocycles. The number of nitrogens with zero attached hydrogens (tertiary/aromatic N) is 1. The molecule has 0 spiro atoms. The van der Waals surface area contributed by atoms with E-state index in [1.807, 2.05) is 24.0 Å². The molecule has 2 aromatic carbocycles. The highest BCUT2D eigenvalue weighted by molar-refractivity contribution is 5.97. The Labute approximate surface area is 164 Å². The maximum absolute atomic E-state index is 12.3. The van der Waals surface area contributed by atoms with Crippen LogP contribution in [-0.2, 0) is 20.9 Å². The van der Waals surface area contributed by atoms with Crippen LogP contribution in [0.2, 0.25) is 0 Å². The van der Waals surface area contributed by atoms with Crippen molar-refractivity contribution >= 4 is 23.5 Å². The van der Waals surface area contributed by atoms with Gasteiger partial charge in [0.1, 0.15) is 0 Å². The van der Waals surface area contributed by atoms with Gasteiger partial charge in [0.25, 0.3) is 5.91 Å². The van der Waals surface area contributed by atoms with Gasteiger partial charge in [0.2, 0.25) is 5.91 Å². The molecule has 2 aromatic rings. The fourth-order valence-corrected chi connectivity index (χ4v) is 3.00. The number of carbonyl (C=O) groups is 3. The molecule has 1 atom stereocenters. The van der Waals surface area contributed by atoms with Crippen LogP contribution in [-0.4, -0.2) is 35.3 Å². The lowest BCUT2D eigenvalue weighted by atomic mass is 10.1. The summed E-state index contributed by atoms with van der Waals surface area (Å²) in [6.07, 6.45) is 0.578. The first kappa shape index (κ1) is 19.6. The van der Waals surface area contributed by atoms with Gasteiger partial charge in [-0.25, -0.2) is 4.79 Å². The number of ether oxygens (including phenoxy) is 1. The molecule has 28 heavy (non-hydrogen) atoms. The number of rotatable bonds is 6. The Bertz CT molecular complexity index is 859. The van der Waals surface area contributed by atoms with E-state index in [0.717, 1.165) is 24.1 Å². The number of hydrogen-bond acceptors (Lipinski definition) is 4. The summed E-state index contributed by atoms with van der Waals surface area (Å²) >= 11 is 0. The van der Waals surface area contributed by atoms with Crippen molar-refractivity contribution in [3.8, 4) is 0 Å². The van der Waals surface area contributed by atoms with Crippen LogP contribution < -0.4 is 5.32 Å². The number of anilines is 1. The van der Waals surface area contributed by atoms with Crippen LogP contribution in [0.3, 0.4) is 0 Å². The van der Waals surface area contributed by atoms with Crippen LogP contribution >= 0.6 is 0 Å². The lowest BCUT2D eigenvalue weighted by molar-refractivity contribution is -0.128. The lowest BCUT2D eigenvalue weighted by Crippen LogP contribution is -2.30. The van der Waals surface area contributed by atoms with Crippen LogP contribution in [0.25, 0.3) is 0 Å². The molecule has 0 aromatic heterocycles. The quantitative estimate of drug-likeness (QED) is 0.780. The standard InChI is InChI=1S/C22H24N2O4/c1-15-5-11-19(12-6-15)23-21(26)16(2)28-22(27)18-9-7-17(8-10-18)14-24-13-3-4-20(24)25/h5-12,16H,3-4,13-14H2,1-2H3,(H,23,26)/t16-/m1/s1. The normalized spacial score (nSPS) is 14.6. The highest BCUT2D eigenvalue weighted by atomic mass is 16.5. The Morgan fingerprint density at radius 1 is 1.11 bits per heavy atom. The van der Waals surface area contributed by atoms with Gasteiger partial charge in [-0.15, -0.1) is 0 Å². The van der Waals surface area contributed by atoms with E-state index < -0.39 is 12.1 Å². The maximum Gasteiger partial charge on any atom is 0.338 e. The number of nitrogens with one attached hydrogen (secondary N) is 1. The van der Waals surface area contributed by atoms with E-state index in [9.17, 15) is 14.4 Å². The van der Waals surface area contributed by atoms with Gasteiger partial charge < -0.3 is 15.0 Å². The predicted octanol–water partition coefficient (Wildman–Crippen LogP) is 3.30. The number of amides is 2. The first-order chi connectivity index (χ1) is 13.4. The van der Waals surface area contributed by atoms with E-state index >= 15 is 0 Å². The summed E-state index contributed by atoms with van der Waals surface area (Å²) < 4.78 is 5.27. The molecule has 3 rings (SSSR count). The van der Waals surface area contributed by atoms with Crippen molar-refractivity contribution in [1.29, 1.82) is 0 Å². The van der Waals surface area contributed by atoms with E-state index in [-0.39, 0.29) is 11.8 Å². The van der Waals surface area contributed by atoms with E-state index in [1.54, 1.807) is 36.4 Å². The largest absolute Gasteiger partial charge is 0.449 e.